The molecule has 0 radical (unpaired) electrons. The Bertz CT molecular complexity index is 623. The van der Waals surface area contributed by atoms with Crippen LogP contribution in [0.3, 0.4) is 0 Å². The Morgan fingerprint density at radius 2 is 2.18 bits per heavy atom. The highest BCUT2D eigenvalue weighted by molar-refractivity contribution is 7.09. The minimum absolute atomic E-state index is 0.00317. The van der Waals surface area contributed by atoms with Crippen LogP contribution in [0.5, 0.6) is 5.75 Å². The highest BCUT2D eigenvalue weighted by Crippen LogP contribution is 2.28. The first-order chi connectivity index (χ1) is 10.8. The Morgan fingerprint density at radius 1 is 1.32 bits per heavy atom. The SMILES string of the molecule is O=C(c1cccc(OCc2cccs2)c1)N(CCO)C1CC1. The standard InChI is InChI=1S/C17H19NO3S/c19-9-8-18(14-6-7-14)17(20)13-3-1-4-15(11-13)21-12-16-5-2-10-22-16/h1-5,10-11,14,19H,6-9,12H2. The lowest BCUT2D eigenvalue weighted by molar-refractivity contribution is 0.0707. The average Bonchev–Trinajstić information content (AvgIpc) is 3.25. The van der Waals surface area contributed by atoms with Gasteiger partial charge in [0.2, 0.25) is 0 Å². The zero-order valence-electron chi connectivity index (χ0n) is 12.3. The van der Waals surface area contributed by atoms with Gasteiger partial charge in [0.05, 0.1) is 6.61 Å². The number of nitrogens with zero attached hydrogens (tertiary/aromatic N) is 1. The summed E-state index contributed by atoms with van der Waals surface area (Å²) in [6.07, 6.45) is 2.06. The van der Waals surface area contributed by atoms with Crippen molar-refractivity contribution in [1.29, 1.82) is 0 Å². The van der Waals surface area contributed by atoms with Gasteiger partial charge in [-0.15, -0.1) is 11.3 Å². The molecule has 4 nitrogen and oxygen atoms in total. The van der Waals surface area contributed by atoms with E-state index in [0.717, 1.165) is 17.7 Å². The summed E-state index contributed by atoms with van der Waals surface area (Å²) in [5, 5.41) is 11.2. The van der Waals surface area contributed by atoms with Crippen LogP contribution >= 0.6 is 11.3 Å². The maximum absolute atomic E-state index is 12.6. The van der Waals surface area contributed by atoms with Crippen molar-refractivity contribution >= 4 is 17.2 Å². The molecule has 1 aliphatic rings. The van der Waals surface area contributed by atoms with Crippen molar-refractivity contribution < 1.29 is 14.6 Å². The normalized spacial score (nSPS) is 13.9. The van der Waals surface area contributed by atoms with Gasteiger partial charge in [0.15, 0.2) is 0 Å². The molecule has 0 bridgehead atoms. The smallest absolute Gasteiger partial charge is 0.254 e. The molecule has 2 aromatic rings. The second-order valence-electron chi connectivity index (χ2n) is 5.35. The van der Waals surface area contributed by atoms with E-state index < -0.39 is 0 Å². The Kier molecular flexibility index (Phi) is 4.75. The molecule has 1 fully saturated rings. The van der Waals surface area contributed by atoms with E-state index >= 15 is 0 Å². The Morgan fingerprint density at radius 3 is 2.86 bits per heavy atom. The number of thiophene rings is 1. The number of aliphatic hydroxyl groups is 1. The van der Waals surface area contributed by atoms with Gasteiger partial charge in [-0.2, -0.15) is 0 Å². The lowest BCUT2D eigenvalue weighted by atomic mass is 10.2. The summed E-state index contributed by atoms with van der Waals surface area (Å²) >= 11 is 1.65. The fourth-order valence-corrected chi connectivity index (χ4v) is 2.99. The van der Waals surface area contributed by atoms with Crippen LogP contribution in [0.25, 0.3) is 0 Å². The number of benzene rings is 1. The number of amides is 1. The Labute approximate surface area is 134 Å². The monoisotopic (exact) mass is 317 g/mol. The van der Waals surface area contributed by atoms with E-state index in [2.05, 4.69) is 0 Å². The first kappa shape index (κ1) is 15.1. The van der Waals surface area contributed by atoms with Gasteiger partial charge >= 0.3 is 0 Å². The largest absolute Gasteiger partial charge is 0.488 e. The molecule has 0 unspecified atom stereocenters. The van der Waals surface area contributed by atoms with Gasteiger partial charge in [0.25, 0.3) is 5.91 Å². The zero-order valence-corrected chi connectivity index (χ0v) is 13.1. The highest BCUT2D eigenvalue weighted by Gasteiger charge is 2.32. The van der Waals surface area contributed by atoms with E-state index in [4.69, 9.17) is 9.84 Å². The van der Waals surface area contributed by atoms with Crippen LogP contribution in [0.1, 0.15) is 28.1 Å². The third-order valence-corrected chi connectivity index (χ3v) is 4.48. The number of ether oxygens (including phenoxy) is 1. The van der Waals surface area contributed by atoms with Crippen LogP contribution in [0, 0.1) is 0 Å². The number of hydrogen-bond acceptors (Lipinski definition) is 4. The lowest BCUT2D eigenvalue weighted by Crippen LogP contribution is -2.35. The molecule has 1 saturated carbocycles. The number of rotatable bonds is 7. The lowest BCUT2D eigenvalue weighted by Gasteiger charge is -2.21. The van der Waals surface area contributed by atoms with E-state index in [0.29, 0.717) is 24.5 Å². The fourth-order valence-electron chi connectivity index (χ4n) is 2.38. The minimum atomic E-state index is -0.0295. The molecule has 1 aromatic heterocycles. The molecule has 0 aliphatic heterocycles. The molecule has 5 heteroatoms. The van der Waals surface area contributed by atoms with Crippen molar-refractivity contribution in [2.45, 2.75) is 25.5 Å². The van der Waals surface area contributed by atoms with Crippen molar-refractivity contribution in [2.24, 2.45) is 0 Å². The van der Waals surface area contributed by atoms with Gasteiger partial charge in [0, 0.05) is 23.0 Å². The molecule has 1 aliphatic carbocycles. The third-order valence-electron chi connectivity index (χ3n) is 3.63. The van der Waals surface area contributed by atoms with Gasteiger partial charge < -0.3 is 14.7 Å². The maximum Gasteiger partial charge on any atom is 0.254 e. The Hall–Kier alpha value is -1.85. The molecule has 0 spiro atoms. The molecule has 1 N–H and O–H groups in total. The summed E-state index contributed by atoms with van der Waals surface area (Å²) < 4.78 is 5.75. The second-order valence-corrected chi connectivity index (χ2v) is 6.38. The fraction of sp³-hybridized carbons (Fsp3) is 0.353. The van der Waals surface area contributed by atoms with E-state index in [1.54, 1.807) is 28.4 Å². The topological polar surface area (TPSA) is 49.8 Å². The molecule has 0 atom stereocenters. The van der Waals surface area contributed by atoms with Crippen LogP contribution in [0.4, 0.5) is 0 Å². The number of carbonyl (C=O) groups excluding carboxylic acids is 1. The van der Waals surface area contributed by atoms with E-state index in [-0.39, 0.29) is 18.6 Å². The second kappa shape index (κ2) is 6.94. The average molecular weight is 317 g/mol. The summed E-state index contributed by atoms with van der Waals surface area (Å²) in [5.41, 5.74) is 0.615. The summed E-state index contributed by atoms with van der Waals surface area (Å²) in [5.74, 6) is 0.664. The van der Waals surface area contributed by atoms with Gasteiger partial charge in [-0.05, 0) is 42.5 Å². The predicted molar refractivity (Wildman–Crippen MR) is 86.2 cm³/mol. The molecule has 116 valence electrons. The molecule has 0 saturated heterocycles. The number of hydrogen-bond donors (Lipinski definition) is 1. The van der Waals surface area contributed by atoms with Gasteiger partial charge in [-0.25, -0.2) is 0 Å². The first-order valence-electron chi connectivity index (χ1n) is 7.45. The van der Waals surface area contributed by atoms with Crippen molar-refractivity contribution in [3.63, 3.8) is 0 Å². The molecular weight excluding hydrogens is 298 g/mol. The molecule has 1 amide bonds. The summed E-state index contributed by atoms with van der Waals surface area (Å²) in [6.45, 7) is 0.902. The molecule has 22 heavy (non-hydrogen) atoms. The van der Waals surface area contributed by atoms with E-state index in [1.807, 2.05) is 29.6 Å². The van der Waals surface area contributed by atoms with Gasteiger partial charge in [0.1, 0.15) is 12.4 Å². The van der Waals surface area contributed by atoms with E-state index in [1.165, 1.54) is 0 Å². The molecular formula is C17H19NO3S. The van der Waals surface area contributed by atoms with Gasteiger partial charge in [-0.1, -0.05) is 12.1 Å². The summed E-state index contributed by atoms with van der Waals surface area (Å²) in [4.78, 5) is 15.5. The van der Waals surface area contributed by atoms with E-state index in [9.17, 15) is 4.79 Å². The minimum Gasteiger partial charge on any atom is -0.488 e. The summed E-state index contributed by atoms with van der Waals surface area (Å²) in [6, 6.07) is 11.6. The van der Waals surface area contributed by atoms with Gasteiger partial charge in [-0.3, -0.25) is 4.79 Å². The third kappa shape index (κ3) is 3.67. The summed E-state index contributed by atoms with van der Waals surface area (Å²) in [7, 11) is 0. The molecule has 3 rings (SSSR count). The van der Waals surface area contributed by atoms with Crippen LogP contribution < -0.4 is 4.74 Å². The predicted octanol–water partition coefficient (Wildman–Crippen LogP) is 2.92. The highest BCUT2D eigenvalue weighted by atomic mass is 32.1. The van der Waals surface area contributed by atoms with Crippen molar-refractivity contribution in [3.8, 4) is 5.75 Å². The van der Waals surface area contributed by atoms with Crippen molar-refractivity contribution in [1.82, 2.24) is 4.90 Å². The first-order valence-corrected chi connectivity index (χ1v) is 8.33. The Balaban J connectivity index is 1.68. The molecule has 1 heterocycles. The number of carbonyl (C=O) groups is 1. The number of aliphatic hydroxyl groups excluding tert-OH is 1. The zero-order chi connectivity index (χ0) is 15.4. The quantitative estimate of drug-likeness (QED) is 0.854. The van der Waals surface area contributed by atoms with Crippen LogP contribution in [0.15, 0.2) is 41.8 Å². The van der Waals surface area contributed by atoms with Crippen LogP contribution in [-0.4, -0.2) is 35.1 Å². The van der Waals surface area contributed by atoms with Crippen molar-refractivity contribution in [3.05, 3.63) is 52.2 Å². The van der Waals surface area contributed by atoms with Crippen LogP contribution in [0.2, 0.25) is 0 Å². The van der Waals surface area contributed by atoms with Crippen molar-refractivity contribution in [2.75, 3.05) is 13.2 Å². The molecule has 1 aromatic carbocycles. The van der Waals surface area contributed by atoms with Crippen LogP contribution in [-0.2, 0) is 6.61 Å². The maximum atomic E-state index is 12.6.